The van der Waals surface area contributed by atoms with Crippen molar-refractivity contribution < 1.29 is 43.6 Å². The second-order valence-electron chi connectivity index (χ2n) is 4.14. The fourth-order valence-electron chi connectivity index (χ4n) is 1.91. The zero-order chi connectivity index (χ0) is 16.8. The molecule has 0 aromatic rings. The molecule has 2 fully saturated rings. The van der Waals surface area contributed by atoms with Crippen molar-refractivity contribution in [1.82, 2.24) is 4.90 Å². The van der Waals surface area contributed by atoms with Crippen molar-refractivity contribution in [2.45, 2.75) is 17.7 Å². The fourth-order valence-corrected chi connectivity index (χ4v) is 7.58. The Hall–Kier alpha value is -0.870. The molecule has 11 nitrogen and oxygen atoms in total. The van der Waals surface area contributed by atoms with E-state index in [0.717, 1.165) is 0 Å². The molecular formula is C7H7NO10S4. The van der Waals surface area contributed by atoms with E-state index in [-0.39, 0.29) is 27.0 Å². The number of likely N-dealkylation sites (tertiary alicyclic amines) is 1. The van der Waals surface area contributed by atoms with Gasteiger partial charge in [0, 0.05) is 12.8 Å². The molecule has 124 valence electrons. The van der Waals surface area contributed by atoms with E-state index in [9.17, 15) is 36.3 Å². The van der Waals surface area contributed by atoms with Crippen LogP contribution in [0.3, 0.4) is 0 Å². The standard InChI is InChI=1S/C7H7NO10S4/c9-4-1-2-5(10)8(4)7(6(11)12)3-21(13,14)17-19-20-18-22(7,15)16/h1-3H2,(H,11,12). The minimum atomic E-state index is -5.20. The van der Waals surface area contributed by atoms with E-state index >= 15 is 0 Å². The predicted molar refractivity (Wildman–Crippen MR) is 71.5 cm³/mol. The summed E-state index contributed by atoms with van der Waals surface area (Å²) in [5.41, 5.74) is 0. The molecule has 2 amide bonds. The second-order valence-corrected chi connectivity index (χ2v) is 9.31. The molecule has 0 spiro atoms. The van der Waals surface area contributed by atoms with Gasteiger partial charge in [0.2, 0.25) is 11.8 Å². The third-order valence-corrected chi connectivity index (χ3v) is 8.30. The Labute approximate surface area is 132 Å². The minimum Gasteiger partial charge on any atom is -0.479 e. The van der Waals surface area contributed by atoms with Crippen LogP contribution >= 0.6 is 22.1 Å². The highest BCUT2D eigenvalue weighted by atomic mass is 33.1. The molecule has 1 atom stereocenters. The van der Waals surface area contributed by atoms with Gasteiger partial charge in [0.1, 0.15) is 27.9 Å². The third-order valence-electron chi connectivity index (χ3n) is 2.81. The quantitative estimate of drug-likeness (QED) is 0.340. The van der Waals surface area contributed by atoms with Gasteiger partial charge in [0.05, 0.1) is 0 Å². The van der Waals surface area contributed by atoms with Crippen LogP contribution in [0.1, 0.15) is 12.8 Å². The molecule has 0 saturated carbocycles. The van der Waals surface area contributed by atoms with Gasteiger partial charge in [-0.15, -0.1) is 0 Å². The van der Waals surface area contributed by atoms with Crippen LogP contribution in [0.15, 0.2) is 0 Å². The summed E-state index contributed by atoms with van der Waals surface area (Å²) in [5.74, 6) is -6.18. The molecular weight excluding hydrogens is 386 g/mol. The van der Waals surface area contributed by atoms with E-state index in [1.165, 1.54) is 0 Å². The van der Waals surface area contributed by atoms with E-state index in [4.69, 9.17) is 0 Å². The number of aliphatic carboxylic acids is 1. The van der Waals surface area contributed by atoms with Crippen molar-refractivity contribution >= 4 is 60.2 Å². The topological polar surface area (TPSA) is 161 Å². The van der Waals surface area contributed by atoms with E-state index < -0.39 is 61.5 Å². The Kier molecular flexibility index (Phi) is 4.48. The summed E-state index contributed by atoms with van der Waals surface area (Å²) < 4.78 is 56.3. The summed E-state index contributed by atoms with van der Waals surface area (Å²) in [6, 6.07) is 0. The molecule has 2 aliphatic rings. The van der Waals surface area contributed by atoms with Gasteiger partial charge in [-0.2, -0.15) is 24.1 Å². The maximum Gasteiger partial charge on any atom is 0.350 e. The summed E-state index contributed by atoms with van der Waals surface area (Å²) in [6.07, 6.45) is -0.877. The summed E-state index contributed by atoms with van der Waals surface area (Å²) in [5, 5.41) is 9.33. The van der Waals surface area contributed by atoms with Gasteiger partial charge >= 0.3 is 16.1 Å². The van der Waals surface area contributed by atoms with Crippen molar-refractivity contribution in [2.75, 3.05) is 5.75 Å². The van der Waals surface area contributed by atoms with Crippen molar-refractivity contribution in [3.63, 3.8) is 0 Å². The Morgan fingerprint density at radius 2 is 1.59 bits per heavy atom. The molecule has 0 bridgehead atoms. The zero-order valence-corrected chi connectivity index (χ0v) is 13.6. The molecule has 2 heterocycles. The molecule has 0 radical (unpaired) electrons. The number of hydrogen-bond acceptors (Lipinski definition) is 11. The Morgan fingerprint density at radius 1 is 1.09 bits per heavy atom. The van der Waals surface area contributed by atoms with E-state index in [2.05, 4.69) is 7.26 Å². The van der Waals surface area contributed by atoms with Crippen LogP contribution in [0.5, 0.6) is 0 Å². The molecule has 0 aromatic heterocycles. The number of carboxylic acid groups (broad SMARTS) is 1. The molecule has 2 aliphatic heterocycles. The highest BCUT2D eigenvalue weighted by Gasteiger charge is 2.65. The lowest BCUT2D eigenvalue weighted by molar-refractivity contribution is -0.156. The number of imide groups is 1. The normalized spacial score (nSPS) is 31.5. The minimum absolute atomic E-state index is 0.0409. The van der Waals surface area contributed by atoms with Gasteiger partial charge in [-0.3, -0.25) is 9.59 Å². The molecule has 1 N–H and O–H groups in total. The Bertz CT molecular complexity index is 725. The summed E-state index contributed by atoms with van der Waals surface area (Å²) >= 11 is -0.0251. The van der Waals surface area contributed by atoms with Crippen LogP contribution in [0, 0.1) is 0 Å². The van der Waals surface area contributed by atoms with Crippen molar-refractivity contribution in [3.8, 4) is 0 Å². The maximum atomic E-state index is 12.2. The molecule has 2 saturated heterocycles. The number of hydrogen-bond donors (Lipinski definition) is 1. The molecule has 2 rings (SSSR count). The number of carbonyl (C=O) groups is 3. The SMILES string of the molecule is O=C1CCC(=O)N1C1(C(=O)O)CS(=O)(=O)OSSOS1(=O)=O. The summed E-state index contributed by atoms with van der Waals surface area (Å²) in [4.78, 5) is 31.6. The van der Waals surface area contributed by atoms with Crippen LogP contribution in [-0.4, -0.2) is 55.2 Å². The molecule has 15 heteroatoms. The Morgan fingerprint density at radius 3 is 2.09 bits per heavy atom. The first-order valence-corrected chi connectivity index (χ1v) is 10.3. The van der Waals surface area contributed by atoms with E-state index in [1.54, 1.807) is 0 Å². The third kappa shape index (κ3) is 2.71. The number of carboxylic acids is 1. The average Bonchev–Trinajstić information content (AvgIpc) is 2.70. The zero-order valence-electron chi connectivity index (χ0n) is 10.3. The van der Waals surface area contributed by atoms with E-state index in [0.29, 0.717) is 0 Å². The highest BCUT2D eigenvalue weighted by Crippen LogP contribution is 2.40. The lowest BCUT2D eigenvalue weighted by atomic mass is 10.3. The monoisotopic (exact) mass is 393 g/mol. The second kappa shape index (κ2) is 5.64. The first kappa shape index (κ1) is 17.5. The summed E-state index contributed by atoms with van der Waals surface area (Å²) in [7, 11) is -9.89. The molecule has 1 unspecified atom stereocenters. The lowest BCUT2D eigenvalue weighted by Crippen LogP contribution is -2.65. The molecule has 0 aliphatic carbocycles. The van der Waals surface area contributed by atoms with Crippen molar-refractivity contribution in [3.05, 3.63) is 0 Å². The van der Waals surface area contributed by atoms with Gasteiger partial charge in [0.25, 0.3) is 15.0 Å². The van der Waals surface area contributed by atoms with Gasteiger partial charge in [-0.05, 0) is 0 Å². The average molecular weight is 393 g/mol. The first-order valence-electron chi connectivity index (χ1n) is 5.31. The molecule has 22 heavy (non-hydrogen) atoms. The van der Waals surface area contributed by atoms with Crippen LogP contribution in [0.2, 0.25) is 0 Å². The fraction of sp³-hybridized carbons (Fsp3) is 0.571. The highest BCUT2D eigenvalue weighted by molar-refractivity contribution is 8.74. The summed E-state index contributed by atoms with van der Waals surface area (Å²) in [6.45, 7) is 0. The first-order chi connectivity index (χ1) is 10.0. The van der Waals surface area contributed by atoms with Crippen molar-refractivity contribution in [1.29, 1.82) is 0 Å². The Balaban J connectivity index is 2.74. The van der Waals surface area contributed by atoms with Crippen LogP contribution < -0.4 is 0 Å². The van der Waals surface area contributed by atoms with Gasteiger partial charge < -0.3 is 5.11 Å². The lowest BCUT2D eigenvalue weighted by Gasteiger charge is -2.34. The van der Waals surface area contributed by atoms with Gasteiger partial charge in [-0.25, -0.2) is 9.69 Å². The number of rotatable bonds is 2. The smallest absolute Gasteiger partial charge is 0.350 e. The van der Waals surface area contributed by atoms with Gasteiger partial charge in [-0.1, -0.05) is 0 Å². The van der Waals surface area contributed by atoms with Gasteiger partial charge in [0.15, 0.2) is 0 Å². The number of nitrogens with zero attached hydrogens (tertiary/aromatic N) is 1. The van der Waals surface area contributed by atoms with Crippen LogP contribution in [0.25, 0.3) is 0 Å². The number of carbonyl (C=O) groups excluding carboxylic acids is 2. The number of amides is 2. The predicted octanol–water partition coefficient (Wildman–Crippen LogP) is -1.17. The molecule has 0 aromatic carbocycles. The van der Waals surface area contributed by atoms with Crippen LogP contribution in [0.4, 0.5) is 0 Å². The maximum absolute atomic E-state index is 12.2. The van der Waals surface area contributed by atoms with Crippen molar-refractivity contribution in [2.24, 2.45) is 0 Å². The van der Waals surface area contributed by atoms with Crippen LogP contribution in [-0.2, 0) is 41.9 Å². The van der Waals surface area contributed by atoms with E-state index in [1.807, 2.05) is 0 Å². The largest absolute Gasteiger partial charge is 0.479 e.